The Balaban J connectivity index is 1.86. The van der Waals surface area contributed by atoms with Gasteiger partial charge < -0.3 is 14.8 Å². The van der Waals surface area contributed by atoms with Crippen molar-refractivity contribution < 1.29 is 13.9 Å². The summed E-state index contributed by atoms with van der Waals surface area (Å²) in [6, 6.07) is 4.82. The van der Waals surface area contributed by atoms with Gasteiger partial charge in [-0.3, -0.25) is 0 Å². The van der Waals surface area contributed by atoms with Crippen LogP contribution < -0.4 is 10.1 Å². The molecule has 1 saturated heterocycles. The van der Waals surface area contributed by atoms with Gasteiger partial charge >= 0.3 is 0 Å². The zero-order valence-corrected chi connectivity index (χ0v) is 13.0. The molecule has 1 heterocycles. The number of ether oxygens (including phenoxy) is 2. The average Bonchev–Trinajstić information content (AvgIpc) is 2.98. The molecular formula is C17H26FNO2. The van der Waals surface area contributed by atoms with Gasteiger partial charge in [-0.1, -0.05) is 6.92 Å². The third-order valence-electron chi connectivity index (χ3n) is 3.90. The standard InChI is InChI=1S/C17H26FNO2/c1-3-19-13(2)16-12-14(18)8-9-17(16)21-11-5-7-15-6-4-10-20-15/h8-9,12-13,15,19H,3-7,10-11H2,1-2H3. The highest BCUT2D eigenvalue weighted by atomic mass is 19.1. The molecule has 1 fully saturated rings. The van der Waals surface area contributed by atoms with Crippen molar-refractivity contribution >= 4 is 0 Å². The first kappa shape index (κ1) is 16.2. The van der Waals surface area contributed by atoms with Crippen LogP contribution in [0.1, 0.15) is 51.1 Å². The second-order valence-corrected chi connectivity index (χ2v) is 5.59. The van der Waals surface area contributed by atoms with Crippen LogP contribution in [0.25, 0.3) is 0 Å². The van der Waals surface area contributed by atoms with Gasteiger partial charge in [0, 0.05) is 18.2 Å². The summed E-state index contributed by atoms with van der Waals surface area (Å²) in [5, 5.41) is 3.30. The van der Waals surface area contributed by atoms with E-state index >= 15 is 0 Å². The minimum Gasteiger partial charge on any atom is -0.493 e. The molecule has 1 N–H and O–H groups in total. The van der Waals surface area contributed by atoms with Gasteiger partial charge in [-0.2, -0.15) is 0 Å². The molecule has 2 rings (SSSR count). The summed E-state index contributed by atoms with van der Waals surface area (Å²) in [6.07, 6.45) is 4.76. The maximum atomic E-state index is 13.4. The molecule has 1 aromatic rings. The zero-order valence-electron chi connectivity index (χ0n) is 13.0. The maximum absolute atomic E-state index is 13.4. The molecule has 0 bridgehead atoms. The Labute approximate surface area is 126 Å². The predicted molar refractivity (Wildman–Crippen MR) is 82.2 cm³/mol. The summed E-state index contributed by atoms with van der Waals surface area (Å²) in [5.74, 6) is 0.554. The van der Waals surface area contributed by atoms with Crippen LogP contribution in [0.15, 0.2) is 18.2 Å². The first-order valence-electron chi connectivity index (χ1n) is 7.98. The molecule has 1 aromatic carbocycles. The van der Waals surface area contributed by atoms with Crippen LogP contribution in [0, 0.1) is 5.82 Å². The normalized spacial score (nSPS) is 19.7. The van der Waals surface area contributed by atoms with Gasteiger partial charge in [-0.05, 0) is 57.4 Å². The maximum Gasteiger partial charge on any atom is 0.124 e. The highest BCUT2D eigenvalue weighted by Crippen LogP contribution is 2.26. The van der Waals surface area contributed by atoms with Crippen molar-refractivity contribution in [3.63, 3.8) is 0 Å². The molecule has 4 heteroatoms. The summed E-state index contributed by atoms with van der Waals surface area (Å²) >= 11 is 0. The first-order valence-corrected chi connectivity index (χ1v) is 7.98. The Kier molecular flexibility index (Phi) is 6.46. The number of halogens is 1. The van der Waals surface area contributed by atoms with E-state index in [0.29, 0.717) is 12.7 Å². The first-order chi connectivity index (χ1) is 10.2. The molecule has 21 heavy (non-hydrogen) atoms. The molecule has 1 aliphatic rings. The van der Waals surface area contributed by atoms with E-state index in [4.69, 9.17) is 9.47 Å². The smallest absolute Gasteiger partial charge is 0.124 e. The summed E-state index contributed by atoms with van der Waals surface area (Å²) in [4.78, 5) is 0. The van der Waals surface area contributed by atoms with Crippen molar-refractivity contribution in [3.05, 3.63) is 29.6 Å². The molecule has 0 radical (unpaired) electrons. The van der Waals surface area contributed by atoms with Gasteiger partial charge in [0.2, 0.25) is 0 Å². The van der Waals surface area contributed by atoms with E-state index in [1.807, 2.05) is 13.8 Å². The van der Waals surface area contributed by atoms with E-state index < -0.39 is 0 Å². The highest BCUT2D eigenvalue weighted by molar-refractivity contribution is 5.36. The van der Waals surface area contributed by atoms with Crippen LogP contribution >= 0.6 is 0 Å². The quantitative estimate of drug-likeness (QED) is 0.739. The van der Waals surface area contributed by atoms with Crippen molar-refractivity contribution in [1.29, 1.82) is 0 Å². The largest absolute Gasteiger partial charge is 0.493 e. The molecule has 0 spiro atoms. The minimum atomic E-state index is -0.221. The minimum absolute atomic E-state index is 0.0823. The summed E-state index contributed by atoms with van der Waals surface area (Å²) in [6.45, 7) is 6.46. The van der Waals surface area contributed by atoms with Crippen LogP contribution in [0.3, 0.4) is 0 Å². The Morgan fingerprint density at radius 2 is 2.33 bits per heavy atom. The molecular weight excluding hydrogens is 269 g/mol. The van der Waals surface area contributed by atoms with Crippen molar-refractivity contribution in [2.45, 2.75) is 51.7 Å². The lowest BCUT2D eigenvalue weighted by molar-refractivity contribution is 0.0980. The van der Waals surface area contributed by atoms with Crippen LogP contribution in [-0.2, 0) is 4.74 Å². The van der Waals surface area contributed by atoms with Crippen LogP contribution in [-0.4, -0.2) is 25.9 Å². The second-order valence-electron chi connectivity index (χ2n) is 5.59. The fraction of sp³-hybridized carbons (Fsp3) is 0.647. The molecule has 118 valence electrons. The van der Waals surface area contributed by atoms with Crippen LogP contribution in [0.4, 0.5) is 4.39 Å². The number of rotatable bonds is 8. The van der Waals surface area contributed by atoms with Crippen molar-refractivity contribution in [3.8, 4) is 5.75 Å². The van der Waals surface area contributed by atoms with E-state index in [1.54, 1.807) is 12.1 Å². The molecule has 3 nitrogen and oxygen atoms in total. The molecule has 2 atom stereocenters. The summed E-state index contributed by atoms with van der Waals surface area (Å²) in [7, 11) is 0. The van der Waals surface area contributed by atoms with E-state index in [2.05, 4.69) is 5.32 Å². The van der Waals surface area contributed by atoms with E-state index in [1.165, 1.54) is 18.9 Å². The third kappa shape index (κ3) is 4.97. The predicted octanol–water partition coefficient (Wildman–Crippen LogP) is 3.83. The molecule has 0 aliphatic carbocycles. The average molecular weight is 295 g/mol. The number of benzene rings is 1. The summed E-state index contributed by atoms with van der Waals surface area (Å²) in [5.41, 5.74) is 0.883. The molecule has 0 aromatic heterocycles. The lowest BCUT2D eigenvalue weighted by Crippen LogP contribution is -2.19. The lowest BCUT2D eigenvalue weighted by atomic mass is 10.1. The van der Waals surface area contributed by atoms with Gasteiger partial charge in [0.25, 0.3) is 0 Å². The summed E-state index contributed by atoms with van der Waals surface area (Å²) < 4.78 is 24.9. The van der Waals surface area contributed by atoms with Gasteiger partial charge in [-0.25, -0.2) is 4.39 Å². The lowest BCUT2D eigenvalue weighted by Gasteiger charge is -2.18. The number of hydrogen-bond donors (Lipinski definition) is 1. The highest BCUT2D eigenvalue weighted by Gasteiger charge is 2.15. The fourth-order valence-electron chi connectivity index (χ4n) is 2.77. The van der Waals surface area contributed by atoms with Crippen molar-refractivity contribution in [2.24, 2.45) is 0 Å². The topological polar surface area (TPSA) is 30.5 Å². The van der Waals surface area contributed by atoms with Gasteiger partial charge in [0.15, 0.2) is 0 Å². The van der Waals surface area contributed by atoms with Gasteiger partial charge in [0.1, 0.15) is 11.6 Å². The number of nitrogens with one attached hydrogen (secondary N) is 1. The molecule has 0 saturated carbocycles. The monoisotopic (exact) mass is 295 g/mol. The Bertz CT molecular complexity index is 433. The third-order valence-corrected chi connectivity index (χ3v) is 3.90. The van der Waals surface area contributed by atoms with E-state index in [0.717, 1.165) is 37.3 Å². The van der Waals surface area contributed by atoms with E-state index in [9.17, 15) is 4.39 Å². The molecule has 0 amide bonds. The molecule has 1 aliphatic heterocycles. The molecule has 2 unspecified atom stereocenters. The SMILES string of the molecule is CCNC(C)c1cc(F)ccc1OCCCC1CCCO1. The van der Waals surface area contributed by atoms with Gasteiger partial charge in [0.05, 0.1) is 12.7 Å². The van der Waals surface area contributed by atoms with Crippen LogP contribution in [0.5, 0.6) is 5.75 Å². The zero-order chi connectivity index (χ0) is 15.1. The second kappa shape index (κ2) is 8.35. The van der Waals surface area contributed by atoms with Gasteiger partial charge in [-0.15, -0.1) is 0 Å². The van der Waals surface area contributed by atoms with Crippen molar-refractivity contribution in [2.75, 3.05) is 19.8 Å². The van der Waals surface area contributed by atoms with Crippen molar-refractivity contribution in [1.82, 2.24) is 5.32 Å². The Morgan fingerprint density at radius 1 is 1.48 bits per heavy atom. The van der Waals surface area contributed by atoms with Crippen LogP contribution in [0.2, 0.25) is 0 Å². The number of hydrogen-bond acceptors (Lipinski definition) is 3. The fourth-order valence-corrected chi connectivity index (χ4v) is 2.77. The van der Waals surface area contributed by atoms with E-state index in [-0.39, 0.29) is 11.9 Å². The Hall–Kier alpha value is -1.13. The Morgan fingerprint density at radius 3 is 3.05 bits per heavy atom.